The molecule has 0 aliphatic rings. The minimum atomic E-state index is 0.0143. The molecule has 2 rings (SSSR count). The van der Waals surface area contributed by atoms with Crippen LogP contribution < -0.4 is 4.74 Å². The summed E-state index contributed by atoms with van der Waals surface area (Å²) in [5, 5.41) is 0. The maximum atomic E-state index is 11.3. The van der Waals surface area contributed by atoms with Crippen molar-refractivity contribution in [3.63, 3.8) is 0 Å². The molecule has 0 saturated carbocycles. The van der Waals surface area contributed by atoms with Crippen molar-refractivity contribution in [1.29, 1.82) is 0 Å². The van der Waals surface area contributed by atoms with Crippen LogP contribution in [0.15, 0.2) is 34.7 Å². The molecule has 0 atom stereocenters. The number of benzene rings is 1. The molecule has 2 aromatic rings. The van der Waals surface area contributed by atoms with E-state index in [1.54, 1.807) is 20.1 Å². The highest BCUT2D eigenvalue weighted by molar-refractivity contribution is 5.96. The number of rotatable bonds is 3. The van der Waals surface area contributed by atoms with Crippen LogP contribution in [0, 0.1) is 6.92 Å². The Kier molecular flexibility index (Phi) is 3.00. The lowest BCUT2D eigenvalue weighted by Gasteiger charge is -2.01. The third-order valence-electron chi connectivity index (χ3n) is 2.65. The molecule has 0 spiro atoms. The Morgan fingerprint density at radius 2 is 2.06 bits per heavy atom. The van der Waals surface area contributed by atoms with Gasteiger partial charge in [-0.25, -0.2) is 0 Å². The zero-order valence-electron chi connectivity index (χ0n) is 10.1. The molecule has 1 aromatic heterocycles. The fraction of sp³-hybridized carbons (Fsp3) is 0.214. The first-order chi connectivity index (χ1) is 8.11. The van der Waals surface area contributed by atoms with E-state index in [2.05, 4.69) is 0 Å². The van der Waals surface area contributed by atoms with Crippen molar-refractivity contribution in [2.24, 2.45) is 0 Å². The number of hydrogen-bond donors (Lipinski definition) is 0. The molecule has 3 nitrogen and oxygen atoms in total. The maximum absolute atomic E-state index is 11.3. The molecule has 0 amide bonds. The van der Waals surface area contributed by atoms with Crippen molar-refractivity contribution >= 4 is 5.78 Å². The first-order valence-electron chi connectivity index (χ1n) is 5.37. The highest BCUT2D eigenvalue weighted by Gasteiger charge is 2.12. The molecule has 0 aliphatic carbocycles. The van der Waals surface area contributed by atoms with E-state index >= 15 is 0 Å². The lowest BCUT2D eigenvalue weighted by molar-refractivity contribution is 0.101. The van der Waals surface area contributed by atoms with E-state index < -0.39 is 0 Å². The summed E-state index contributed by atoms with van der Waals surface area (Å²) in [5.74, 6) is 2.11. The van der Waals surface area contributed by atoms with Gasteiger partial charge in [0.05, 0.1) is 12.7 Å². The van der Waals surface area contributed by atoms with Crippen molar-refractivity contribution in [1.82, 2.24) is 0 Å². The summed E-state index contributed by atoms with van der Waals surface area (Å²) in [6.07, 6.45) is 0. The Balaban J connectivity index is 2.46. The van der Waals surface area contributed by atoms with E-state index in [1.807, 2.05) is 24.3 Å². The van der Waals surface area contributed by atoms with Crippen LogP contribution in [0.2, 0.25) is 0 Å². The molecule has 1 aromatic carbocycles. The SMILES string of the molecule is COc1cccc(-c2cc(C(C)=O)c(C)o2)c1. The average molecular weight is 230 g/mol. The number of hydrogen-bond acceptors (Lipinski definition) is 3. The molecular formula is C14H14O3. The van der Waals surface area contributed by atoms with Gasteiger partial charge in [0.2, 0.25) is 0 Å². The molecule has 17 heavy (non-hydrogen) atoms. The van der Waals surface area contributed by atoms with E-state index in [-0.39, 0.29) is 5.78 Å². The molecule has 0 radical (unpaired) electrons. The highest BCUT2D eigenvalue weighted by Crippen LogP contribution is 2.28. The van der Waals surface area contributed by atoms with Crippen molar-refractivity contribution in [3.05, 3.63) is 41.7 Å². The van der Waals surface area contributed by atoms with E-state index in [0.717, 1.165) is 11.3 Å². The molecule has 3 heteroatoms. The van der Waals surface area contributed by atoms with Gasteiger partial charge in [0.25, 0.3) is 0 Å². The number of furan rings is 1. The third-order valence-corrected chi connectivity index (χ3v) is 2.65. The predicted molar refractivity (Wildman–Crippen MR) is 65.4 cm³/mol. The first-order valence-corrected chi connectivity index (χ1v) is 5.37. The quantitative estimate of drug-likeness (QED) is 0.758. The van der Waals surface area contributed by atoms with Crippen LogP contribution in [0.3, 0.4) is 0 Å². The molecule has 0 aliphatic heterocycles. The molecule has 0 saturated heterocycles. The number of ether oxygens (including phenoxy) is 1. The number of carbonyl (C=O) groups excluding carboxylic acids is 1. The van der Waals surface area contributed by atoms with E-state index in [4.69, 9.17) is 9.15 Å². The van der Waals surface area contributed by atoms with Crippen LogP contribution in [0.1, 0.15) is 23.0 Å². The minimum Gasteiger partial charge on any atom is -0.497 e. The van der Waals surface area contributed by atoms with Crippen LogP contribution in [-0.4, -0.2) is 12.9 Å². The second kappa shape index (κ2) is 4.45. The molecule has 0 N–H and O–H groups in total. The number of carbonyl (C=O) groups is 1. The van der Waals surface area contributed by atoms with Crippen LogP contribution in [0.4, 0.5) is 0 Å². The van der Waals surface area contributed by atoms with Crippen LogP contribution in [0.5, 0.6) is 5.75 Å². The Bertz CT molecular complexity index is 552. The summed E-state index contributed by atoms with van der Waals surface area (Å²) in [4.78, 5) is 11.3. The van der Waals surface area contributed by atoms with Gasteiger partial charge in [0.1, 0.15) is 17.3 Å². The maximum Gasteiger partial charge on any atom is 0.163 e. The lowest BCUT2D eigenvalue weighted by atomic mass is 10.1. The van der Waals surface area contributed by atoms with Gasteiger partial charge in [-0.05, 0) is 32.0 Å². The molecule has 1 heterocycles. The third kappa shape index (κ3) is 2.23. The molecule has 0 unspecified atom stereocenters. The van der Waals surface area contributed by atoms with E-state index in [0.29, 0.717) is 17.1 Å². The van der Waals surface area contributed by atoms with Gasteiger partial charge in [-0.2, -0.15) is 0 Å². The van der Waals surface area contributed by atoms with Crippen LogP contribution in [0.25, 0.3) is 11.3 Å². The minimum absolute atomic E-state index is 0.0143. The van der Waals surface area contributed by atoms with Gasteiger partial charge in [-0.3, -0.25) is 4.79 Å². The second-order valence-electron chi connectivity index (χ2n) is 3.87. The smallest absolute Gasteiger partial charge is 0.163 e. The summed E-state index contributed by atoms with van der Waals surface area (Å²) in [7, 11) is 1.62. The summed E-state index contributed by atoms with van der Waals surface area (Å²) < 4.78 is 10.7. The monoisotopic (exact) mass is 230 g/mol. The van der Waals surface area contributed by atoms with Gasteiger partial charge in [0.15, 0.2) is 5.78 Å². The number of Topliss-reactive ketones (excluding diaryl/α,β-unsaturated/α-hetero) is 1. The number of methoxy groups -OCH3 is 1. The predicted octanol–water partition coefficient (Wildman–Crippen LogP) is 3.47. The molecule has 0 fully saturated rings. The van der Waals surface area contributed by atoms with E-state index in [1.165, 1.54) is 6.92 Å². The zero-order chi connectivity index (χ0) is 12.4. The van der Waals surface area contributed by atoms with Gasteiger partial charge in [-0.15, -0.1) is 0 Å². The standard InChI is InChI=1S/C14H14O3/c1-9(15)13-8-14(17-10(13)2)11-5-4-6-12(7-11)16-3/h4-8H,1-3H3. The summed E-state index contributed by atoms with van der Waals surface area (Å²) >= 11 is 0. The largest absolute Gasteiger partial charge is 0.497 e. The van der Waals surface area contributed by atoms with Crippen LogP contribution in [-0.2, 0) is 0 Å². The second-order valence-corrected chi connectivity index (χ2v) is 3.87. The fourth-order valence-electron chi connectivity index (χ4n) is 1.75. The Labute approximate surface area is 100 Å². The fourth-order valence-corrected chi connectivity index (χ4v) is 1.75. The zero-order valence-corrected chi connectivity index (χ0v) is 10.1. The van der Waals surface area contributed by atoms with Gasteiger partial charge >= 0.3 is 0 Å². The Morgan fingerprint density at radius 3 is 2.65 bits per heavy atom. The number of ketones is 1. The number of aryl methyl sites for hydroxylation is 1. The average Bonchev–Trinajstić information content (AvgIpc) is 2.71. The Hall–Kier alpha value is -2.03. The Morgan fingerprint density at radius 1 is 1.29 bits per heavy atom. The van der Waals surface area contributed by atoms with Gasteiger partial charge in [0, 0.05) is 5.56 Å². The summed E-state index contributed by atoms with van der Waals surface area (Å²) in [6, 6.07) is 9.32. The molecular weight excluding hydrogens is 216 g/mol. The summed E-state index contributed by atoms with van der Waals surface area (Å²) in [6.45, 7) is 3.33. The lowest BCUT2D eigenvalue weighted by Crippen LogP contribution is -1.90. The molecule has 88 valence electrons. The highest BCUT2D eigenvalue weighted by atomic mass is 16.5. The van der Waals surface area contributed by atoms with Gasteiger partial charge in [-0.1, -0.05) is 12.1 Å². The van der Waals surface area contributed by atoms with Crippen molar-refractivity contribution in [3.8, 4) is 17.1 Å². The van der Waals surface area contributed by atoms with Crippen molar-refractivity contribution in [2.45, 2.75) is 13.8 Å². The topological polar surface area (TPSA) is 39.4 Å². The first kappa shape index (κ1) is 11.5. The van der Waals surface area contributed by atoms with Crippen molar-refractivity contribution < 1.29 is 13.9 Å². The normalized spacial score (nSPS) is 10.3. The summed E-state index contributed by atoms with van der Waals surface area (Å²) in [5.41, 5.74) is 1.53. The van der Waals surface area contributed by atoms with Crippen molar-refractivity contribution in [2.75, 3.05) is 7.11 Å². The van der Waals surface area contributed by atoms with Gasteiger partial charge < -0.3 is 9.15 Å². The van der Waals surface area contributed by atoms with E-state index in [9.17, 15) is 4.79 Å². The van der Waals surface area contributed by atoms with Crippen LogP contribution >= 0.6 is 0 Å². The molecule has 0 bridgehead atoms.